The summed E-state index contributed by atoms with van der Waals surface area (Å²) in [5.74, 6) is -0.314. The van der Waals surface area contributed by atoms with Gasteiger partial charge >= 0.3 is 5.97 Å². The summed E-state index contributed by atoms with van der Waals surface area (Å²) in [5.41, 5.74) is 3.44. The van der Waals surface area contributed by atoms with Crippen molar-refractivity contribution in [3.63, 3.8) is 0 Å². The lowest BCUT2D eigenvalue weighted by atomic mass is 10.1. The molecule has 2 rings (SSSR count). The molecule has 0 spiro atoms. The van der Waals surface area contributed by atoms with Gasteiger partial charge in [0.25, 0.3) is 0 Å². The molecular weight excluding hydrogens is 216 g/mol. The third kappa shape index (κ3) is 2.25. The van der Waals surface area contributed by atoms with E-state index < -0.39 is 0 Å². The van der Waals surface area contributed by atoms with Gasteiger partial charge in [-0.25, -0.2) is 4.79 Å². The maximum Gasteiger partial charge on any atom is 0.354 e. The smallest absolute Gasteiger partial charge is 0.354 e. The predicted octanol–water partition coefficient (Wildman–Crippen LogP) is 2.75. The number of rotatable bonds is 4. The van der Waals surface area contributed by atoms with Crippen molar-refractivity contribution in [2.45, 2.75) is 19.8 Å². The molecule has 0 aliphatic rings. The normalized spacial score (nSPS) is 10.5. The van der Waals surface area contributed by atoms with Gasteiger partial charge in [-0.3, -0.25) is 0 Å². The van der Waals surface area contributed by atoms with Crippen molar-refractivity contribution in [2.75, 3.05) is 7.11 Å². The van der Waals surface area contributed by atoms with Crippen LogP contribution in [0.25, 0.3) is 11.4 Å². The maximum atomic E-state index is 11.6. The lowest BCUT2D eigenvalue weighted by Crippen LogP contribution is -2.04. The summed E-state index contributed by atoms with van der Waals surface area (Å²) < 4.78 is 4.77. The van der Waals surface area contributed by atoms with Crippen LogP contribution in [0.3, 0.4) is 0 Å². The second-order valence-electron chi connectivity index (χ2n) is 3.91. The molecule has 0 saturated carbocycles. The maximum absolute atomic E-state index is 11.6. The van der Waals surface area contributed by atoms with Crippen LogP contribution >= 0.6 is 0 Å². The second kappa shape index (κ2) is 4.91. The first kappa shape index (κ1) is 11.5. The van der Waals surface area contributed by atoms with Crippen LogP contribution in [0, 0.1) is 0 Å². The molecule has 0 saturated heterocycles. The van der Waals surface area contributed by atoms with Gasteiger partial charge in [0.2, 0.25) is 0 Å². The number of esters is 1. The minimum Gasteiger partial charge on any atom is -0.464 e. The molecule has 0 radical (unpaired) electrons. The number of aromatic amines is 2. The Morgan fingerprint density at radius 2 is 2.24 bits per heavy atom. The summed E-state index contributed by atoms with van der Waals surface area (Å²) in [7, 11) is 1.40. The summed E-state index contributed by atoms with van der Waals surface area (Å²) in [6.45, 7) is 2.09. The summed E-state index contributed by atoms with van der Waals surface area (Å²) >= 11 is 0. The number of nitrogens with one attached hydrogen (secondary N) is 2. The first-order valence-electron chi connectivity index (χ1n) is 5.70. The summed E-state index contributed by atoms with van der Waals surface area (Å²) in [5, 5.41) is 0. The zero-order valence-electron chi connectivity index (χ0n) is 10.0. The van der Waals surface area contributed by atoms with Crippen LogP contribution in [0.15, 0.2) is 24.4 Å². The minimum atomic E-state index is -0.314. The van der Waals surface area contributed by atoms with Gasteiger partial charge < -0.3 is 14.7 Å². The van der Waals surface area contributed by atoms with Crippen LogP contribution in [0.4, 0.5) is 0 Å². The van der Waals surface area contributed by atoms with Crippen LogP contribution in [0.5, 0.6) is 0 Å². The van der Waals surface area contributed by atoms with Crippen molar-refractivity contribution in [1.29, 1.82) is 0 Å². The number of aryl methyl sites for hydroxylation is 1. The second-order valence-corrected chi connectivity index (χ2v) is 3.91. The molecule has 0 aliphatic carbocycles. The molecule has 0 aliphatic heterocycles. The van der Waals surface area contributed by atoms with E-state index in [2.05, 4.69) is 16.9 Å². The minimum absolute atomic E-state index is 0.314. The summed E-state index contributed by atoms with van der Waals surface area (Å²) in [6, 6.07) is 5.89. The third-order valence-corrected chi connectivity index (χ3v) is 2.70. The highest BCUT2D eigenvalue weighted by atomic mass is 16.5. The Kier molecular flexibility index (Phi) is 3.32. The molecule has 0 amide bonds. The van der Waals surface area contributed by atoms with E-state index in [-0.39, 0.29) is 5.97 Å². The molecule has 0 aromatic carbocycles. The van der Waals surface area contributed by atoms with E-state index in [1.54, 1.807) is 0 Å². The highest BCUT2D eigenvalue weighted by Gasteiger charge is 2.16. The van der Waals surface area contributed by atoms with Gasteiger partial charge in [0, 0.05) is 6.20 Å². The van der Waals surface area contributed by atoms with Crippen LogP contribution in [-0.4, -0.2) is 23.0 Å². The zero-order chi connectivity index (χ0) is 12.3. The topological polar surface area (TPSA) is 57.9 Å². The van der Waals surface area contributed by atoms with Crippen LogP contribution < -0.4 is 0 Å². The lowest BCUT2D eigenvalue weighted by molar-refractivity contribution is 0.0593. The number of hydrogen-bond donors (Lipinski definition) is 2. The Labute approximate surface area is 100 Å². The van der Waals surface area contributed by atoms with Gasteiger partial charge in [-0.05, 0) is 30.2 Å². The highest BCUT2D eigenvalue weighted by Crippen LogP contribution is 2.22. The Morgan fingerprint density at radius 1 is 1.41 bits per heavy atom. The van der Waals surface area contributed by atoms with Gasteiger partial charge in [-0.1, -0.05) is 13.3 Å². The Hall–Kier alpha value is -1.97. The number of methoxy groups -OCH3 is 1. The lowest BCUT2D eigenvalue weighted by Gasteiger charge is -1.99. The Bertz CT molecular complexity index is 497. The molecule has 2 aromatic heterocycles. The SMILES string of the molecule is CCCc1cc(-c2ccc[nH]2)[nH]c1C(=O)OC. The highest BCUT2D eigenvalue weighted by molar-refractivity contribution is 5.90. The fraction of sp³-hybridized carbons (Fsp3) is 0.308. The number of ether oxygens (including phenoxy) is 1. The van der Waals surface area contributed by atoms with Crippen LogP contribution in [0.1, 0.15) is 29.4 Å². The molecule has 0 atom stereocenters. The fourth-order valence-corrected chi connectivity index (χ4v) is 1.89. The molecule has 4 nitrogen and oxygen atoms in total. The Morgan fingerprint density at radius 3 is 2.82 bits per heavy atom. The van der Waals surface area contributed by atoms with E-state index in [1.807, 2.05) is 24.4 Å². The number of carbonyl (C=O) groups is 1. The molecule has 0 bridgehead atoms. The van der Waals surface area contributed by atoms with Gasteiger partial charge in [0.05, 0.1) is 18.5 Å². The van der Waals surface area contributed by atoms with Crippen molar-refractivity contribution in [2.24, 2.45) is 0 Å². The first-order chi connectivity index (χ1) is 8.26. The van der Waals surface area contributed by atoms with E-state index in [4.69, 9.17) is 4.74 Å². The number of carbonyl (C=O) groups excluding carboxylic acids is 1. The van der Waals surface area contributed by atoms with Crippen molar-refractivity contribution >= 4 is 5.97 Å². The fourth-order valence-electron chi connectivity index (χ4n) is 1.89. The van der Waals surface area contributed by atoms with Gasteiger partial charge in [-0.15, -0.1) is 0 Å². The largest absolute Gasteiger partial charge is 0.464 e. The molecule has 2 aromatic rings. The molecule has 2 N–H and O–H groups in total. The predicted molar refractivity (Wildman–Crippen MR) is 65.9 cm³/mol. The number of hydrogen-bond acceptors (Lipinski definition) is 2. The van der Waals surface area contributed by atoms with E-state index in [9.17, 15) is 4.79 Å². The average Bonchev–Trinajstić information content (AvgIpc) is 2.96. The van der Waals surface area contributed by atoms with E-state index >= 15 is 0 Å². The monoisotopic (exact) mass is 232 g/mol. The van der Waals surface area contributed by atoms with Crippen molar-refractivity contribution < 1.29 is 9.53 Å². The molecule has 90 valence electrons. The van der Waals surface area contributed by atoms with Crippen molar-refractivity contribution in [3.05, 3.63) is 35.7 Å². The average molecular weight is 232 g/mol. The number of H-pyrrole nitrogens is 2. The molecule has 17 heavy (non-hydrogen) atoms. The standard InChI is InChI=1S/C13H16N2O2/c1-3-5-9-8-11(10-6-4-7-14-10)15-12(9)13(16)17-2/h4,6-8,14-15H,3,5H2,1-2H3. The van der Waals surface area contributed by atoms with E-state index in [0.29, 0.717) is 5.69 Å². The molecule has 0 fully saturated rings. The molecular formula is C13H16N2O2. The van der Waals surface area contributed by atoms with Gasteiger partial charge in [0.15, 0.2) is 0 Å². The summed E-state index contributed by atoms with van der Waals surface area (Å²) in [4.78, 5) is 17.9. The van der Waals surface area contributed by atoms with Crippen LogP contribution in [-0.2, 0) is 11.2 Å². The van der Waals surface area contributed by atoms with Crippen LogP contribution in [0.2, 0.25) is 0 Å². The summed E-state index contributed by atoms with van der Waals surface area (Å²) in [6.07, 6.45) is 3.71. The van der Waals surface area contributed by atoms with Crippen molar-refractivity contribution in [3.8, 4) is 11.4 Å². The quantitative estimate of drug-likeness (QED) is 0.796. The third-order valence-electron chi connectivity index (χ3n) is 2.70. The van der Waals surface area contributed by atoms with Crippen molar-refractivity contribution in [1.82, 2.24) is 9.97 Å². The molecule has 0 unspecified atom stereocenters. The first-order valence-corrected chi connectivity index (χ1v) is 5.70. The molecule has 2 heterocycles. The van der Waals surface area contributed by atoms with E-state index in [1.165, 1.54) is 7.11 Å². The zero-order valence-corrected chi connectivity index (χ0v) is 10.0. The number of aromatic nitrogens is 2. The van der Waals surface area contributed by atoms with Gasteiger partial charge in [-0.2, -0.15) is 0 Å². The van der Waals surface area contributed by atoms with E-state index in [0.717, 1.165) is 29.8 Å². The molecule has 4 heteroatoms. The van der Waals surface area contributed by atoms with Gasteiger partial charge in [0.1, 0.15) is 5.69 Å². The Balaban J connectivity index is 2.40.